The zero-order valence-electron chi connectivity index (χ0n) is 14.9. The van der Waals surface area contributed by atoms with Crippen LogP contribution in [0.25, 0.3) is 6.08 Å². The Morgan fingerprint density at radius 2 is 2.08 bits per heavy atom. The summed E-state index contributed by atoms with van der Waals surface area (Å²) in [6.45, 7) is 6.35. The number of carbonyl (C=O) groups is 1. The quantitative estimate of drug-likeness (QED) is 0.790. The lowest BCUT2D eigenvalue weighted by Crippen LogP contribution is -2.19. The Bertz CT molecular complexity index is 919. The third-order valence-electron chi connectivity index (χ3n) is 4.03. The van der Waals surface area contributed by atoms with Crippen LogP contribution in [0.4, 0.5) is 5.69 Å². The van der Waals surface area contributed by atoms with Gasteiger partial charge >= 0.3 is 0 Å². The Labute approximate surface area is 156 Å². The van der Waals surface area contributed by atoms with E-state index >= 15 is 0 Å². The summed E-state index contributed by atoms with van der Waals surface area (Å²) in [6, 6.07) is 10.9. The average molecular weight is 368 g/mol. The molecule has 1 amide bonds. The smallest absolute Gasteiger partial charge is 0.264 e. The highest BCUT2D eigenvalue weighted by Gasteiger charge is 2.24. The summed E-state index contributed by atoms with van der Waals surface area (Å²) in [5.74, 6) is 0.286. The molecule has 0 unspecified atom stereocenters. The molecule has 2 aromatic rings. The Balaban J connectivity index is 1.86. The van der Waals surface area contributed by atoms with Crippen molar-refractivity contribution in [1.29, 1.82) is 0 Å². The SMILES string of the molecule is CCOc1cc(/C=C2/SC(=Nc3cccc(C)c3C)NC2=O)ccc1O. The Hall–Kier alpha value is -2.73. The highest BCUT2D eigenvalue weighted by atomic mass is 32.2. The first-order valence-corrected chi connectivity index (χ1v) is 9.11. The van der Waals surface area contributed by atoms with Crippen molar-refractivity contribution in [3.63, 3.8) is 0 Å². The van der Waals surface area contributed by atoms with Crippen molar-refractivity contribution in [2.24, 2.45) is 4.99 Å². The number of amidine groups is 1. The van der Waals surface area contributed by atoms with E-state index in [0.717, 1.165) is 22.4 Å². The van der Waals surface area contributed by atoms with Crippen LogP contribution in [0.5, 0.6) is 11.5 Å². The number of thioether (sulfide) groups is 1. The number of nitrogens with one attached hydrogen (secondary N) is 1. The molecular weight excluding hydrogens is 348 g/mol. The van der Waals surface area contributed by atoms with Crippen LogP contribution < -0.4 is 10.1 Å². The maximum atomic E-state index is 12.2. The molecule has 1 heterocycles. The molecule has 0 radical (unpaired) electrons. The van der Waals surface area contributed by atoms with E-state index in [1.165, 1.54) is 11.8 Å². The average Bonchev–Trinajstić information content (AvgIpc) is 2.94. The Kier molecular flexibility index (Phi) is 5.32. The number of phenolic OH excluding ortho intramolecular Hbond substituents is 1. The fourth-order valence-electron chi connectivity index (χ4n) is 2.49. The summed E-state index contributed by atoms with van der Waals surface area (Å²) in [5.41, 5.74) is 3.87. The van der Waals surface area contributed by atoms with Gasteiger partial charge in [0.25, 0.3) is 5.91 Å². The minimum Gasteiger partial charge on any atom is -0.504 e. The topological polar surface area (TPSA) is 70.9 Å². The molecule has 1 aliphatic rings. The predicted molar refractivity (Wildman–Crippen MR) is 106 cm³/mol. The number of amides is 1. The zero-order chi connectivity index (χ0) is 18.7. The third kappa shape index (κ3) is 3.91. The van der Waals surface area contributed by atoms with E-state index in [0.29, 0.717) is 22.4 Å². The van der Waals surface area contributed by atoms with Gasteiger partial charge in [-0.15, -0.1) is 0 Å². The van der Waals surface area contributed by atoms with Gasteiger partial charge in [0.05, 0.1) is 17.2 Å². The number of rotatable bonds is 4. The Morgan fingerprint density at radius 1 is 1.27 bits per heavy atom. The molecule has 0 bridgehead atoms. The summed E-state index contributed by atoms with van der Waals surface area (Å²) in [5, 5.41) is 13.1. The standard InChI is InChI=1S/C20H20N2O3S/c1-4-25-17-10-14(8-9-16(17)23)11-18-19(24)22-20(26-18)21-15-7-5-6-12(2)13(15)3/h5-11,23H,4H2,1-3H3,(H,21,22,24)/b18-11+. The number of phenols is 1. The van der Waals surface area contributed by atoms with E-state index < -0.39 is 0 Å². The van der Waals surface area contributed by atoms with Crippen LogP contribution in [0.15, 0.2) is 46.3 Å². The van der Waals surface area contributed by atoms with Crippen LogP contribution in [-0.2, 0) is 4.79 Å². The molecule has 0 spiro atoms. The molecule has 0 saturated carbocycles. The second kappa shape index (κ2) is 7.66. The number of carbonyl (C=O) groups excluding carboxylic acids is 1. The minimum atomic E-state index is -0.190. The molecule has 1 fully saturated rings. The molecule has 5 nitrogen and oxygen atoms in total. The first-order valence-electron chi connectivity index (χ1n) is 8.29. The van der Waals surface area contributed by atoms with Crippen LogP contribution in [-0.4, -0.2) is 22.8 Å². The predicted octanol–water partition coefficient (Wildman–Crippen LogP) is 4.30. The van der Waals surface area contributed by atoms with Gasteiger partial charge in [0.2, 0.25) is 0 Å². The Morgan fingerprint density at radius 3 is 2.85 bits per heavy atom. The number of nitrogens with zero attached hydrogens (tertiary/aromatic N) is 1. The lowest BCUT2D eigenvalue weighted by atomic mass is 10.1. The summed E-state index contributed by atoms with van der Waals surface area (Å²) < 4.78 is 5.38. The summed E-state index contributed by atoms with van der Waals surface area (Å²) in [6.07, 6.45) is 1.76. The molecule has 1 aliphatic heterocycles. The van der Waals surface area contributed by atoms with Gasteiger partial charge in [0.15, 0.2) is 16.7 Å². The molecule has 2 aromatic carbocycles. The van der Waals surface area contributed by atoms with Crippen LogP contribution in [0.3, 0.4) is 0 Å². The minimum absolute atomic E-state index is 0.0784. The number of aryl methyl sites for hydroxylation is 1. The first kappa shape index (κ1) is 18.1. The number of hydrogen-bond acceptors (Lipinski definition) is 5. The number of aromatic hydroxyl groups is 1. The molecule has 3 rings (SSSR count). The first-order chi connectivity index (χ1) is 12.5. The fraction of sp³-hybridized carbons (Fsp3) is 0.200. The third-order valence-corrected chi connectivity index (χ3v) is 4.94. The molecule has 0 aliphatic carbocycles. The van der Waals surface area contributed by atoms with E-state index in [1.54, 1.807) is 24.3 Å². The second-order valence-electron chi connectivity index (χ2n) is 5.86. The van der Waals surface area contributed by atoms with Crippen molar-refractivity contribution in [2.75, 3.05) is 6.61 Å². The number of benzene rings is 2. The monoisotopic (exact) mass is 368 g/mol. The summed E-state index contributed by atoms with van der Waals surface area (Å²) in [7, 11) is 0. The van der Waals surface area contributed by atoms with Gasteiger partial charge in [0.1, 0.15) is 0 Å². The number of ether oxygens (including phenoxy) is 1. The van der Waals surface area contributed by atoms with Gasteiger partial charge in [-0.25, -0.2) is 4.99 Å². The van der Waals surface area contributed by atoms with E-state index in [4.69, 9.17) is 4.74 Å². The number of hydrogen-bond donors (Lipinski definition) is 2. The van der Waals surface area contributed by atoms with Crippen molar-refractivity contribution in [3.8, 4) is 11.5 Å². The van der Waals surface area contributed by atoms with E-state index in [2.05, 4.69) is 10.3 Å². The molecule has 26 heavy (non-hydrogen) atoms. The summed E-state index contributed by atoms with van der Waals surface area (Å²) in [4.78, 5) is 17.4. The van der Waals surface area contributed by atoms with E-state index in [-0.39, 0.29) is 11.7 Å². The number of aliphatic imine (C=N–C) groups is 1. The van der Waals surface area contributed by atoms with Crippen molar-refractivity contribution < 1.29 is 14.6 Å². The van der Waals surface area contributed by atoms with Gasteiger partial charge in [-0.1, -0.05) is 18.2 Å². The second-order valence-corrected chi connectivity index (χ2v) is 6.89. The molecule has 134 valence electrons. The lowest BCUT2D eigenvalue weighted by molar-refractivity contribution is -0.115. The largest absolute Gasteiger partial charge is 0.504 e. The van der Waals surface area contributed by atoms with Crippen LogP contribution >= 0.6 is 11.8 Å². The van der Waals surface area contributed by atoms with Crippen LogP contribution in [0.2, 0.25) is 0 Å². The molecule has 0 atom stereocenters. The van der Waals surface area contributed by atoms with Gasteiger partial charge in [0, 0.05) is 0 Å². The summed E-state index contributed by atoms with van der Waals surface area (Å²) >= 11 is 1.29. The molecule has 6 heteroatoms. The van der Waals surface area contributed by atoms with Crippen molar-refractivity contribution in [1.82, 2.24) is 5.32 Å². The van der Waals surface area contributed by atoms with E-state index in [1.807, 2.05) is 39.0 Å². The van der Waals surface area contributed by atoms with E-state index in [9.17, 15) is 9.90 Å². The molecule has 0 aromatic heterocycles. The van der Waals surface area contributed by atoms with Gasteiger partial charge in [-0.05, 0) is 73.5 Å². The van der Waals surface area contributed by atoms with Crippen molar-refractivity contribution >= 4 is 34.6 Å². The highest BCUT2D eigenvalue weighted by molar-refractivity contribution is 8.18. The van der Waals surface area contributed by atoms with Crippen LogP contribution in [0, 0.1) is 13.8 Å². The maximum absolute atomic E-state index is 12.2. The molecule has 1 saturated heterocycles. The zero-order valence-corrected chi connectivity index (χ0v) is 15.7. The van der Waals surface area contributed by atoms with Crippen molar-refractivity contribution in [2.45, 2.75) is 20.8 Å². The van der Waals surface area contributed by atoms with Crippen LogP contribution in [0.1, 0.15) is 23.6 Å². The van der Waals surface area contributed by atoms with Gasteiger partial charge < -0.3 is 15.2 Å². The fourth-order valence-corrected chi connectivity index (χ4v) is 3.32. The highest BCUT2D eigenvalue weighted by Crippen LogP contribution is 2.32. The molecule has 2 N–H and O–H groups in total. The van der Waals surface area contributed by atoms with Gasteiger partial charge in [-0.2, -0.15) is 0 Å². The maximum Gasteiger partial charge on any atom is 0.264 e. The van der Waals surface area contributed by atoms with Crippen molar-refractivity contribution in [3.05, 3.63) is 58.0 Å². The lowest BCUT2D eigenvalue weighted by Gasteiger charge is -2.06. The molecular formula is C20H20N2O3S. The normalized spacial score (nSPS) is 17.0. The van der Waals surface area contributed by atoms with Gasteiger partial charge in [-0.3, -0.25) is 4.79 Å².